The largest absolute Gasteiger partial charge is 0.0465 e. The molecule has 5 fully saturated rings. The zero-order valence-corrected chi connectivity index (χ0v) is 6.03. The molecule has 52 valence electrons. The number of rotatable bonds is 0. The van der Waals surface area contributed by atoms with Gasteiger partial charge in [0.1, 0.15) is 0 Å². The van der Waals surface area contributed by atoms with Crippen LogP contribution in [0.15, 0.2) is 0 Å². The van der Waals surface area contributed by atoms with E-state index in [-0.39, 0.29) is 0 Å². The molecule has 5 saturated carbocycles. The van der Waals surface area contributed by atoms with E-state index in [9.17, 15) is 0 Å². The van der Waals surface area contributed by atoms with Crippen LogP contribution in [0.1, 0.15) is 12.8 Å². The van der Waals surface area contributed by atoms with Crippen LogP contribution in [-0.4, -0.2) is 0 Å². The van der Waals surface area contributed by atoms with Crippen LogP contribution in [0.25, 0.3) is 0 Å². The quantitative estimate of drug-likeness (QED) is 0.471. The van der Waals surface area contributed by atoms with E-state index in [0.717, 1.165) is 0 Å². The molecule has 0 saturated heterocycles. The summed E-state index contributed by atoms with van der Waals surface area (Å²) in [7, 11) is 0. The van der Waals surface area contributed by atoms with Crippen LogP contribution in [0.5, 0.6) is 0 Å². The zero-order chi connectivity index (χ0) is 6.03. The molecule has 0 nitrogen and oxygen atoms in total. The Morgan fingerprint density at radius 2 is 1.00 bits per heavy atom. The van der Waals surface area contributed by atoms with Crippen LogP contribution in [0.2, 0.25) is 0 Å². The molecular weight excluding hydrogens is 120 g/mol. The van der Waals surface area contributed by atoms with Crippen LogP contribution in [0.4, 0.5) is 0 Å². The molecule has 5 aliphatic rings. The molecule has 5 aliphatic carbocycles. The average molecular weight is 132 g/mol. The Labute approximate surface area is 61.0 Å². The summed E-state index contributed by atoms with van der Waals surface area (Å²) in [4.78, 5) is 0. The first-order valence-electron chi connectivity index (χ1n) is 4.97. The van der Waals surface area contributed by atoms with Crippen molar-refractivity contribution in [2.24, 2.45) is 47.3 Å². The molecule has 0 heteroatoms. The molecule has 10 heavy (non-hydrogen) atoms. The van der Waals surface area contributed by atoms with Crippen LogP contribution in [0.3, 0.4) is 0 Å². The van der Waals surface area contributed by atoms with E-state index in [0.29, 0.717) is 0 Å². The van der Waals surface area contributed by atoms with Crippen LogP contribution >= 0.6 is 0 Å². The van der Waals surface area contributed by atoms with Gasteiger partial charge in [0.2, 0.25) is 0 Å². The predicted molar refractivity (Wildman–Crippen MR) is 37.2 cm³/mol. The molecule has 5 rings (SSSR count). The summed E-state index contributed by atoms with van der Waals surface area (Å²) < 4.78 is 0. The van der Waals surface area contributed by atoms with Gasteiger partial charge in [0.15, 0.2) is 0 Å². The van der Waals surface area contributed by atoms with Gasteiger partial charge in [-0.05, 0) is 60.2 Å². The van der Waals surface area contributed by atoms with Crippen LogP contribution in [-0.2, 0) is 0 Å². The van der Waals surface area contributed by atoms with E-state index in [2.05, 4.69) is 0 Å². The molecule has 0 aliphatic heterocycles. The van der Waals surface area contributed by atoms with Gasteiger partial charge < -0.3 is 0 Å². The van der Waals surface area contributed by atoms with Gasteiger partial charge in [0.25, 0.3) is 0 Å². The summed E-state index contributed by atoms with van der Waals surface area (Å²) in [5, 5.41) is 0. The topological polar surface area (TPSA) is 0 Å². The fraction of sp³-hybridized carbons (Fsp3) is 1.00. The minimum atomic E-state index is 1.28. The van der Waals surface area contributed by atoms with Gasteiger partial charge in [-0.1, -0.05) is 0 Å². The molecule has 0 aromatic carbocycles. The Kier molecular flexibility index (Phi) is 0.352. The highest BCUT2D eigenvalue weighted by atomic mass is 14.9. The third kappa shape index (κ3) is 0.222. The lowest BCUT2D eigenvalue weighted by atomic mass is 10.0. The second kappa shape index (κ2) is 0.852. The van der Waals surface area contributed by atoms with Crippen molar-refractivity contribution < 1.29 is 0 Å². The summed E-state index contributed by atoms with van der Waals surface area (Å²) in [6.45, 7) is 0. The molecule has 4 unspecified atom stereocenters. The van der Waals surface area contributed by atoms with Crippen molar-refractivity contribution in [3.63, 3.8) is 0 Å². The summed E-state index contributed by atoms with van der Waals surface area (Å²) >= 11 is 0. The van der Waals surface area contributed by atoms with Crippen molar-refractivity contribution in [1.29, 1.82) is 0 Å². The van der Waals surface area contributed by atoms with E-state index in [1.54, 1.807) is 12.8 Å². The van der Waals surface area contributed by atoms with E-state index in [4.69, 9.17) is 0 Å². The Morgan fingerprint density at radius 1 is 0.500 bits per heavy atom. The van der Waals surface area contributed by atoms with Gasteiger partial charge in [0, 0.05) is 0 Å². The minimum absolute atomic E-state index is 1.28. The maximum absolute atomic E-state index is 1.68. The maximum atomic E-state index is 1.68. The molecule has 0 aromatic rings. The van der Waals surface area contributed by atoms with E-state index >= 15 is 0 Å². The van der Waals surface area contributed by atoms with Gasteiger partial charge in [0.05, 0.1) is 0 Å². The third-order valence-corrected chi connectivity index (χ3v) is 5.45. The summed E-state index contributed by atoms with van der Waals surface area (Å²) in [5.74, 6) is 10.3. The summed E-state index contributed by atoms with van der Waals surface area (Å²) in [5.41, 5.74) is 0. The van der Waals surface area contributed by atoms with Gasteiger partial charge >= 0.3 is 0 Å². The van der Waals surface area contributed by atoms with E-state index in [1.807, 2.05) is 0 Å². The first-order chi connectivity index (χ1) is 4.97. The fourth-order valence-electron chi connectivity index (χ4n) is 5.21. The highest BCUT2D eigenvalue weighted by Gasteiger charge is 2.83. The predicted octanol–water partition coefficient (Wildman–Crippen LogP) is 1.76. The van der Waals surface area contributed by atoms with Gasteiger partial charge in [-0.25, -0.2) is 0 Å². The van der Waals surface area contributed by atoms with Crippen LogP contribution in [0, 0.1) is 47.3 Å². The molecule has 0 N–H and O–H groups in total. The number of hydrogen-bond acceptors (Lipinski definition) is 0. The SMILES string of the molecule is C1C2C3C4C1[C@@H]4[C@@H]1C[C@H]1[C@H]23. The van der Waals surface area contributed by atoms with Crippen molar-refractivity contribution in [3.05, 3.63) is 0 Å². The Bertz CT molecular complexity index is 200. The van der Waals surface area contributed by atoms with E-state index in [1.165, 1.54) is 47.3 Å². The summed E-state index contributed by atoms with van der Waals surface area (Å²) in [6, 6.07) is 0. The lowest BCUT2D eigenvalue weighted by Crippen LogP contribution is -2.00. The number of fused-ring (bicyclic) bond motifs is 5. The average Bonchev–Trinajstić information content (AvgIpc) is 2.73. The molecule has 0 spiro atoms. The second-order valence-corrected chi connectivity index (χ2v) is 5.44. The molecule has 0 amide bonds. The molecule has 0 aromatic heterocycles. The first-order valence-corrected chi connectivity index (χ1v) is 4.97. The van der Waals surface area contributed by atoms with Crippen molar-refractivity contribution in [2.45, 2.75) is 12.8 Å². The summed E-state index contributed by atoms with van der Waals surface area (Å²) in [6.07, 6.45) is 3.34. The molecule has 8 atom stereocenters. The second-order valence-electron chi connectivity index (χ2n) is 5.44. The third-order valence-electron chi connectivity index (χ3n) is 5.45. The normalized spacial score (nSPS) is 91.2. The van der Waals surface area contributed by atoms with Crippen LogP contribution < -0.4 is 0 Å². The van der Waals surface area contributed by atoms with Gasteiger partial charge in [-0.3, -0.25) is 0 Å². The highest BCUT2D eigenvalue weighted by Crippen LogP contribution is 2.88. The molecule has 0 radical (unpaired) electrons. The van der Waals surface area contributed by atoms with E-state index < -0.39 is 0 Å². The van der Waals surface area contributed by atoms with Crippen molar-refractivity contribution in [1.82, 2.24) is 0 Å². The molecular formula is C10H12. The van der Waals surface area contributed by atoms with Gasteiger partial charge in [-0.15, -0.1) is 0 Å². The van der Waals surface area contributed by atoms with Gasteiger partial charge in [-0.2, -0.15) is 0 Å². The molecule has 0 bridgehead atoms. The Hall–Kier alpha value is 0. The first kappa shape index (κ1) is 4.13. The standard InChI is InChI=1S/C10H12/c1-3-4(1)8-6-2-5-7(3)9(5)10(6)8/h3-10H,1-2H2/t3-,4-,5?,6?,7-,8+,9?,10?/m1/s1. The zero-order valence-electron chi connectivity index (χ0n) is 6.03. The van der Waals surface area contributed by atoms with Crippen molar-refractivity contribution in [2.75, 3.05) is 0 Å². The Balaban J connectivity index is 1.82. The maximum Gasteiger partial charge on any atom is -0.0315 e. The lowest BCUT2D eigenvalue weighted by Gasteiger charge is -2.03. The smallest absolute Gasteiger partial charge is 0.0315 e. The molecule has 0 heterocycles. The Morgan fingerprint density at radius 3 is 1.60 bits per heavy atom. The number of hydrogen-bond donors (Lipinski definition) is 0. The van der Waals surface area contributed by atoms with Crippen molar-refractivity contribution in [3.8, 4) is 0 Å². The monoisotopic (exact) mass is 132 g/mol. The highest BCUT2D eigenvalue weighted by molar-refractivity contribution is 5.30. The lowest BCUT2D eigenvalue weighted by molar-refractivity contribution is 0.434. The fourth-order valence-corrected chi connectivity index (χ4v) is 5.21. The van der Waals surface area contributed by atoms with Crippen molar-refractivity contribution >= 4 is 0 Å². The minimum Gasteiger partial charge on any atom is -0.0465 e.